The van der Waals surface area contributed by atoms with Gasteiger partial charge in [-0.1, -0.05) is 36.4 Å². The van der Waals surface area contributed by atoms with Gasteiger partial charge in [0.1, 0.15) is 5.65 Å². The van der Waals surface area contributed by atoms with Crippen molar-refractivity contribution in [3.63, 3.8) is 0 Å². The van der Waals surface area contributed by atoms with Crippen molar-refractivity contribution in [2.45, 2.75) is 25.5 Å². The van der Waals surface area contributed by atoms with Gasteiger partial charge in [-0.05, 0) is 31.0 Å². The van der Waals surface area contributed by atoms with Crippen molar-refractivity contribution in [1.29, 1.82) is 0 Å². The molecule has 4 nitrogen and oxygen atoms in total. The fourth-order valence-corrected chi connectivity index (χ4v) is 2.54. The molecule has 3 aromatic rings. The molecule has 2 heterocycles. The third-order valence-electron chi connectivity index (χ3n) is 3.80. The number of nitrogens with one attached hydrogen (secondary N) is 1. The molecule has 0 saturated carbocycles. The van der Waals surface area contributed by atoms with Crippen molar-refractivity contribution in [2.75, 3.05) is 6.54 Å². The molecule has 2 N–H and O–H groups in total. The zero-order valence-electron chi connectivity index (χ0n) is 12.7. The highest BCUT2D eigenvalue weighted by atomic mass is 16.3. The smallest absolute Gasteiger partial charge is 0.137 e. The van der Waals surface area contributed by atoms with Crippen molar-refractivity contribution < 1.29 is 5.11 Å². The van der Waals surface area contributed by atoms with Crippen LogP contribution >= 0.6 is 0 Å². The Morgan fingerprint density at radius 1 is 1.14 bits per heavy atom. The molecule has 0 aliphatic carbocycles. The molecular formula is C18H21N3O. The number of aromatic nitrogens is 2. The van der Waals surface area contributed by atoms with E-state index in [1.165, 1.54) is 0 Å². The number of benzene rings is 1. The molecule has 0 spiro atoms. The van der Waals surface area contributed by atoms with Gasteiger partial charge in [0.05, 0.1) is 11.8 Å². The quantitative estimate of drug-likeness (QED) is 0.735. The Kier molecular flexibility index (Phi) is 4.51. The van der Waals surface area contributed by atoms with Crippen LogP contribution in [0.1, 0.15) is 24.2 Å². The van der Waals surface area contributed by atoms with Crippen molar-refractivity contribution >= 4 is 5.65 Å². The highest BCUT2D eigenvalue weighted by molar-refractivity contribution is 5.39. The van der Waals surface area contributed by atoms with Gasteiger partial charge in [0.25, 0.3) is 0 Å². The van der Waals surface area contributed by atoms with Gasteiger partial charge < -0.3 is 14.8 Å². The average Bonchev–Trinajstić information content (AvgIpc) is 2.98. The van der Waals surface area contributed by atoms with E-state index in [0.29, 0.717) is 13.0 Å². The Labute approximate surface area is 130 Å². The minimum atomic E-state index is -0.401. The number of hydrogen-bond donors (Lipinski definition) is 2. The van der Waals surface area contributed by atoms with E-state index in [2.05, 4.69) is 17.2 Å². The maximum absolute atomic E-state index is 10.2. The first-order valence-corrected chi connectivity index (χ1v) is 7.61. The Morgan fingerprint density at radius 3 is 2.68 bits per heavy atom. The van der Waals surface area contributed by atoms with Crippen molar-refractivity contribution in [1.82, 2.24) is 14.7 Å². The number of rotatable bonds is 6. The molecule has 4 heteroatoms. The van der Waals surface area contributed by atoms with Crippen molar-refractivity contribution in [3.8, 4) is 0 Å². The fourth-order valence-electron chi connectivity index (χ4n) is 2.54. The molecule has 0 bridgehead atoms. The Morgan fingerprint density at radius 2 is 1.91 bits per heavy atom. The summed E-state index contributed by atoms with van der Waals surface area (Å²) in [7, 11) is 0. The molecule has 0 fully saturated rings. The largest absolute Gasteiger partial charge is 0.391 e. The van der Waals surface area contributed by atoms with Crippen LogP contribution in [0.15, 0.2) is 60.9 Å². The molecule has 1 aromatic carbocycles. The molecule has 3 rings (SSSR count). The summed E-state index contributed by atoms with van der Waals surface area (Å²) >= 11 is 0. The molecule has 0 saturated heterocycles. The molecule has 22 heavy (non-hydrogen) atoms. The van der Waals surface area contributed by atoms with Gasteiger partial charge >= 0.3 is 0 Å². The van der Waals surface area contributed by atoms with E-state index in [4.69, 9.17) is 0 Å². The SMILES string of the molecule is CC(NC[C@@H](O)Cc1ccccc1)c1cn2ccccc2n1. The highest BCUT2D eigenvalue weighted by Crippen LogP contribution is 2.13. The standard InChI is InChI=1S/C18H21N3O/c1-14(17-13-21-10-6-5-9-18(21)20-17)19-12-16(22)11-15-7-3-2-4-8-15/h2-10,13-14,16,19,22H,11-12H2,1H3/t14?,16-/m0/s1. The highest BCUT2D eigenvalue weighted by Gasteiger charge is 2.12. The molecule has 0 aliphatic heterocycles. The number of pyridine rings is 1. The van der Waals surface area contributed by atoms with Crippen LogP contribution < -0.4 is 5.32 Å². The van der Waals surface area contributed by atoms with Crippen molar-refractivity contribution in [3.05, 3.63) is 72.2 Å². The van der Waals surface area contributed by atoms with Gasteiger partial charge in [0.2, 0.25) is 0 Å². The van der Waals surface area contributed by atoms with Crippen molar-refractivity contribution in [2.24, 2.45) is 0 Å². The van der Waals surface area contributed by atoms with E-state index in [0.717, 1.165) is 16.9 Å². The topological polar surface area (TPSA) is 49.6 Å². The summed E-state index contributed by atoms with van der Waals surface area (Å²) in [6.07, 6.45) is 4.27. The Balaban J connectivity index is 1.56. The van der Waals surface area contributed by atoms with Crippen LogP contribution in [-0.4, -0.2) is 27.1 Å². The lowest BCUT2D eigenvalue weighted by Gasteiger charge is -2.15. The molecule has 1 unspecified atom stereocenters. The van der Waals surface area contributed by atoms with E-state index in [-0.39, 0.29) is 6.04 Å². The zero-order chi connectivity index (χ0) is 15.4. The monoisotopic (exact) mass is 295 g/mol. The number of aliphatic hydroxyl groups excluding tert-OH is 1. The van der Waals surface area contributed by atoms with Crippen LogP contribution in [0.3, 0.4) is 0 Å². The first-order valence-electron chi connectivity index (χ1n) is 7.61. The average molecular weight is 295 g/mol. The number of hydrogen-bond acceptors (Lipinski definition) is 3. The lowest BCUT2D eigenvalue weighted by atomic mass is 10.1. The zero-order valence-corrected chi connectivity index (χ0v) is 12.7. The first-order chi connectivity index (χ1) is 10.7. The third-order valence-corrected chi connectivity index (χ3v) is 3.80. The van der Waals surface area contributed by atoms with Crippen LogP contribution in [0.2, 0.25) is 0 Å². The van der Waals surface area contributed by atoms with E-state index in [1.54, 1.807) is 0 Å². The predicted octanol–water partition coefficient (Wildman–Crippen LogP) is 2.59. The van der Waals surface area contributed by atoms with Crippen LogP contribution in [0, 0.1) is 0 Å². The number of nitrogens with zero attached hydrogens (tertiary/aromatic N) is 2. The number of fused-ring (bicyclic) bond motifs is 1. The molecular weight excluding hydrogens is 274 g/mol. The minimum absolute atomic E-state index is 0.102. The van der Waals surface area contributed by atoms with Gasteiger partial charge in [0, 0.05) is 25.0 Å². The van der Waals surface area contributed by atoms with Crippen LogP contribution in [-0.2, 0) is 6.42 Å². The summed E-state index contributed by atoms with van der Waals surface area (Å²) in [5, 5.41) is 13.5. The van der Waals surface area contributed by atoms with Gasteiger partial charge in [-0.25, -0.2) is 4.98 Å². The summed E-state index contributed by atoms with van der Waals surface area (Å²) in [5.41, 5.74) is 3.08. The van der Waals surface area contributed by atoms with E-state index in [1.807, 2.05) is 65.3 Å². The number of imidazole rings is 1. The molecule has 0 aliphatic rings. The van der Waals surface area contributed by atoms with Gasteiger partial charge in [0.15, 0.2) is 0 Å². The lowest BCUT2D eigenvalue weighted by molar-refractivity contribution is 0.168. The fraction of sp³-hybridized carbons (Fsp3) is 0.278. The lowest BCUT2D eigenvalue weighted by Crippen LogP contribution is -2.30. The van der Waals surface area contributed by atoms with Crippen LogP contribution in [0.4, 0.5) is 0 Å². The number of aliphatic hydroxyl groups is 1. The predicted molar refractivity (Wildman–Crippen MR) is 87.8 cm³/mol. The van der Waals surface area contributed by atoms with E-state index >= 15 is 0 Å². The van der Waals surface area contributed by atoms with Gasteiger partial charge in [-0.3, -0.25) is 0 Å². The molecule has 0 amide bonds. The maximum atomic E-state index is 10.2. The van der Waals surface area contributed by atoms with E-state index in [9.17, 15) is 5.11 Å². The molecule has 2 atom stereocenters. The second-order valence-corrected chi connectivity index (χ2v) is 5.61. The first kappa shape index (κ1) is 14.8. The minimum Gasteiger partial charge on any atom is -0.391 e. The normalized spacial score (nSPS) is 14.1. The second-order valence-electron chi connectivity index (χ2n) is 5.61. The molecule has 0 radical (unpaired) electrons. The maximum Gasteiger partial charge on any atom is 0.137 e. The van der Waals surface area contributed by atoms with Crippen LogP contribution in [0.25, 0.3) is 5.65 Å². The van der Waals surface area contributed by atoms with Crippen LogP contribution in [0.5, 0.6) is 0 Å². The Hall–Kier alpha value is -2.17. The summed E-state index contributed by atoms with van der Waals surface area (Å²) in [5.74, 6) is 0. The third kappa shape index (κ3) is 3.53. The summed E-state index contributed by atoms with van der Waals surface area (Å²) in [6.45, 7) is 2.61. The van der Waals surface area contributed by atoms with Gasteiger partial charge in [-0.2, -0.15) is 0 Å². The van der Waals surface area contributed by atoms with E-state index < -0.39 is 6.10 Å². The summed E-state index contributed by atoms with van der Waals surface area (Å²) in [4.78, 5) is 4.59. The Bertz CT molecular complexity index is 690. The second kappa shape index (κ2) is 6.73. The summed E-state index contributed by atoms with van der Waals surface area (Å²) in [6, 6.07) is 16.1. The summed E-state index contributed by atoms with van der Waals surface area (Å²) < 4.78 is 2.01. The van der Waals surface area contributed by atoms with Gasteiger partial charge in [-0.15, -0.1) is 0 Å². The molecule has 114 valence electrons. The molecule has 2 aromatic heterocycles.